The monoisotopic (exact) mass is 276 g/mol. The van der Waals surface area contributed by atoms with Gasteiger partial charge in [-0.1, -0.05) is 6.92 Å². The Morgan fingerprint density at radius 2 is 1.95 bits per heavy atom. The third kappa shape index (κ3) is 6.55. The second-order valence-corrected chi connectivity index (χ2v) is 5.52. The van der Waals surface area contributed by atoms with E-state index < -0.39 is 5.60 Å². The predicted octanol–water partition coefficient (Wildman–Crippen LogP) is 2.42. The summed E-state index contributed by atoms with van der Waals surface area (Å²) in [4.78, 5) is 2.21. The fourth-order valence-corrected chi connectivity index (χ4v) is 2.00. The molecule has 0 spiro atoms. The topological polar surface area (TPSA) is 56.5 Å². The van der Waals surface area contributed by atoms with E-state index in [1.54, 1.807) is 12.1 Å². The molecule has 0 radical (unpaired) electrons. The summed E-state index contributed by atoms with van der Waals surface area (Å²) >= 11 is 0. The summed E-state index contributed by atoms with van der Waals surface area (Å²) in [6, 6.07) is 9.21. The molecule has 110 valence electrons. The van der Waals surface area contributed by atoms with Crippen molar-refractivity contribution < 1.29 is 9.84 Å². The first-order valence-electron chi connectivity index (χ1n) is 7.02. The molecule has 0 aliphatic heterocycles. The van der Waals surface area contributed by atoms with Crippen molar-refractivity contribution in [1.82, 2.24) is 4.90 Å². The number of ether oxygens (including phenoxy) is 1. The van der Waals surface area contributed by atoms with Crippen molar-refractivity contribution in [3.05, 3.63) is 29.8 Å². The van der Waals surface area contributed by atoms with Crippen molar-refractivity contribution in [3.63, 3.8) is 0 Å². The van der Waals surface area contributed by atoms with Crippen molar-refractivity contribution in [3.8, 4) is 11.8 Å². The Hall–Kier alpha value is -1.57. The standard InChI is InChI=1S/C16H24N2O2/c1-4-18(13-16(2,3)19)10-5-11-20-15-8-6-14(12-17)7-9-15/h6-9,19H,4-5,10-11,13H2,1-3H3. The van der Waals surface area contributed by atoms with Crippen molar-refractivity contribution in [1.29, 1.82) is 5.26 Å². The molecule has 0 fully saturated rings. The van der Waals surface area contributed by atoms with Crippen LogP contribution in [0.25, 0.3) is 0 Å². The molecular formula is C16H24N2O2. The van der Waals surface area contributed by atoms with E-state index in [1.807, 2.05) is 26.0 Å². The average Bonchev–Trinajstić information content (AvgIpc) is 2.41. The molecule has 0 aliphatic carbocycles. The van der Waals surface area contributed by atoms with Crippen LogP contribution in [-0.2, 0) is 0 Å². The summed E-state index contributed by atoms with van der Waals surface area (Å²) in [6.45, 7) is 8.85. The fourth-order valence-electron chi connectivity index (χ4n) is 2.00. The maximum Gasteiger partial charge on any atom is 0.119 e. The number of benzene rings is 1. The Kier molecular flexibility index (Phi) is 6.50. The summed E-state index contributed by atoms with van der Waals surface area (Å²) in [7, 11) is 0. The molecule has 1 aromatic rings. The van der Waals surface area contributed by atoms with Crippen LogP contribution < -0.4 is 4.74 Å². The molecule has 0 saturated carbocycles. The molecule has 0 heterocycles. The average molecular weight is 276 g/mol. The van der Waals surface area contributed by atoms with Gasteiger partial charge in [0.15, 0.2) is 0 Å². The molecule has 0 unspecified atom stereocenters. The maximum absolute atomic E-state index is 9.80. The molecular weight excluding hydrogens is 252 g/mol. The molecule has 0 bridgehead atoms. The van der Waals surface area contributed by atoms with E-state index in [2.05, 4.69) is 17.9 Å². The number of hydrogen-bond donors (Lipinski definition) is 1. The molecule has 0 aromatic heterocycles. The van der Waals surface area contributed by atoms with Gasteiger partial charge in [0.1, 0.15) is 5.75 Å². The third-order valence-corrected chi connectivity index (χ3v) is 2.93. The minimum Gasteiger partial charge on any atom is -0.494 e. The maximum atomic E-state index is 9.80. The van der Waals surface area contributed by atoms with Gasteiger partial charge in [-0.2, -0.15) is 5.26 Å². The molecule has 20 heavy (non-hydrogen) atoms. The van der Waals surface area contributed by atoms with E-state index in [0.29, 0.717) is 18.7 Å². The number of rotatable bonds is 8. The van der Waals surface area contributed by atoms with Crippen LogP contribution in [0.4, 0.5) is 0 Å². The predicted molar refractivity (Wildman–Crippen MR) is 79.7 cm³/mol. The van der Waals surface area contributed by atoms with Crippen molar-refractivity contribution in [2.75, 3.05) is 26.2 Å². The van der Waals surface area contributed by atoms with Crippen LogP contribution >= 0.6 is 0 Å². The smallest absolute Gasteiger partial charge is 0.119 e. The number of nitrogens with zero attached hydrogens (tertiary/aromatic N) is 2. The highest BCUT2D eigenvalue weighted by Crippen LogP contribution is 2.12. The van der Waals surface area contributed by atoms with Crippen LogP contribution in [0, 0.1) is 11.3 Å². The van der Waals surface area contributed by atoms with E-state index in [-0.39, 0.29) is 0 Å². The Morgan fingerprint density at radius 3 is 2.45 bits per heavy atom. The highest BCUT2D eigenvalue weighted by molar-refractivity contribution is 5.34. The number of hydrogen-bond acceptors (Lipinski definition) is 4. The van der Waals surface area contributed by atoms with Crippen LogP contribution in [0.2, 0.25) is 0 Å². The minimum atomic E-state index is -0.663. The third-order valence-electron chi connectivity index (χ3n) is 2.93. The quantitative estimate of drug-likeness (QED) is 0.741. The van der Waals surface area contributed by atoms with Crippen molar-refractivity contribution >= 4 is 0 Å². The van der Waals surface area contributed by atoms with Crippen LogP contribution in [0.3, 0.4) is 0 Å². The lowest BCUT2D eigenvalue weighted by Crippen LogP contribution is -2.39. The van der Waals surface area contributed by atoms with E-state index in [4.69, 9.17) is 10.00 Å². The van der Waals surface area contributed by atoms with Gasteiger partial charge in [0, 0.05) is 13.1 Å². The Bertz CT molecular complexity index is 429. The second-order valence-electron chi connectivity index (χ2n) is 5.52. The number of nitriles is 1. The zero-order chi connectivity index (χ0) is 15.0. The first-order chi connectivity index (χ1) is 9.44. The summed E-state index contributed by atoms with van der Waals surface area (Å²) in [5.41, 5.74) is -0.0241. The first-order valence-corrected chi connectivity index (χ1v) is 7.02. The molecule has 1 rings (SSSR count). The van der Waals surface area contributed by atoms with Gasteiger partial charge in [-0.05, 0) is 51.1 Å². The second kappa shape index (κ2) is 7.88. The molecule has 4 nitrogen and oxygen atoms in total. The summed E-state index contributed by atoms with van der Waals surface area (Å²) in [6.07, 6.45) is 0.907. The van der Waals surface area contributed by atoms with Gasteiger partial charge in [-0.3, -0.25) is 0 Å². The Labute approximate surface area is 121 Å². The van der Waals surface area contributed by atoms with Gasteiger partial charge < -0.3 is 14.7 Å². The summed E-state index contributed by atoms with van der Waals surface area (Å²) < 4.78 is 5.63. The van der Waals surface area contributed by atoms with Crippen LogP contribution in [0.15, 0.2) is 24.3 Å². The van der Waals surface area contributed by atoms with Gasteiger partial charge in [0.25, 0.3) is 0 Å². The molecule has 1 N–H and O–H groups in total. The van der Waals surface area contributed by atoms with Gasteiger partial charge in [-0.15, -0.1) is 0 Å². The van der Waals surface area contributed by atoms with Crippen LogP contribution in [-0.4, -0.2) is 41.8 Å². The molecule has 0 atom stereocenters. The van der Waals surface area contributed by atoms with Gasteiger partial charge in [0.05, 0.1) is 23.8 Å². The van der Waals surface area contributed by atoms with Crippen LogP contribution in [0.1, 0.15) is 32.8 Å². The number of likely N-dealkylation sites (N-methyl/N-ethyl adjacent to an activating group) is 1. The van der Waals surface area contributed by atoms with E-state index in [0.717, 1.165) is 25.3 Å². The minimum absolute atomic E-state index is 0.633. The number of aliphatic hydroxyl groups is 1. The van der Waals surface area contributed by atoms with Gasteiger partial charge in [-0.25, -0.2) is 0 Å². The molecule has 1 aromatic carbocycles. The summed E-state index contributed by atoms with van der Waals surface area (Å²) in [5, 5.41) is 18.5. The lowest BCUT2D eigenvalue weighted by molar-refractivity contribution is 0.0364. The van der Waals surface area contributed by atoms with E-state index in [1.165, 1.54) is 0 Å². The molecule has 0 saturated heterocycles. The lowest BCUT2D eigenvalue weighted by Gasteiger charge is -2.27. The van der Waals surface area contributed by atoms with Crippen LogP contribution in [0.5, 0.6) is 5.75 Å². The van der Waals surface area contributed by atoms with Crippen molar-refractivity contribution in [2.24, 2.45) is 0 Å². The van der Waals surface area contributed by atoms with E-state index in [9.17, 15) is 5.11 Å². The Balaban J connectivity index is 2.28. The highest BCUT2D eigenvalue weighted by Gasteiger charge is 2.16. The SMILES string of the molecule is CCN(CCCOc1ccc(C#N)cc1)CC(C)(C)O. The fraction of sp³-hybridized carbons (Fsp3) is 0.562. The normalized spacial score (nSPS) is 11.4. The highest BCUT2D eigenvalue weighted by atomic mass is 16.5. The zero-order valence-electron chi connectivity index (χ0n) is 12.6. The van der Waals surface area contributed by atoms with E-state index >= 15 is 0 Å². The Morgan fingerprint density at radius 1 is 1.30 bits per heavy atom. The first kappa shape index (κ1) is 16.5. The largest absolute Gasteiger partial charge is 0.494 e. The lowest BCUT2D eigenvalue weighted by atomic mass is 10.1. The molecule has 4 heteroatoms. The van der Waals surface area contributed by atoms with Gasteiger partial charge in [0.2, 0.25) is 0 Å². The summed E-state index contributed by atoms with van der Waals surface area (Å²) in [5.74, 6) is 0.787. The zero-order valence-corrected chi connectivity index (χ0v) is 12.6. The van der Waals surface area contributed by atoms with Crippen molar-refractivity contribution in [2.45, 2.75) is 32.8 Å². The van der Waals surface area contributed by atoms with Gasteiger partial charge >= 0.3 is 0 Å². The molecule has 0 amide bonds. The molecule has 0 aliphatic rings.